The zero-order valence-corrected chi connectivity index (χ0v) is 8.66. The fourth-order valence-corrected chi connectivity index (χ4v) is 1.97. The molecule has 2 heterocycles. The van der Waals surface area contributed by atoms with Crippen LogP contribution in [-0.2, 0) is 9.53 Å². The van der Waals surface area contributed by atoms with Crippen molar-refractivity contribution in [1.82, 2.24) is 10.2 Å². The fourth-order valence-electron chi connectivity index (χ4n) is 1.97. The molecule has 0 aromatic heterocycles. The summed E-state index contributed by atoms with van der Waals surface area (Å²) in [6.07, 6.45) is 1.09. The predicted octanol–water partition coefficient (Wildman–Crippen LogP) is -0.157. The molecule has 80 valence electrons. The largest absolute Gasteiger partial charge is 0.461 e. The molecule has 2 fully saturated rings. The van der Waals surface area contributed by atoms with Gasteiger partial charge >= 0.3 is 5.97 Å². The molecule has 0 bridgehead atoms. The maximum atomic E-state index is 11.6. The van der Waals surface area contributed by atoms with Gasteiger partial charge in [0.2, 0.25) is 0 Å². The van der Waals surface area contributed by atoms with E-state index in [2.05, 4.69) is 17.1 Å². The lowest BCUT2D eigenvalue weighted by Gasteiger charge is -2.37. The zero-order chi connectivity index (χ0) is 9.97. The molecule has 0 spiro atoms. The first-order chi connectivity index (χ1) is 6.79. The van der Waals surface area contributed by atoms with Crippen LogP contribution >= 0.6 is 0 Å². The summed E-state index contributed by atoms with van der Waals surface area (Å²) in [5.41, 5.74) is 0. The topological polar surface area (TPSA) is 41.6 Å². The average Bonchev–Trinajstić information content (AvgIpc) is 2.54. The van der Waals surface area contributed by atoms with Gasteiger partial charge in [-0.25, -0.2) is 0 Å². The van der Waals surface area contributed by atoms with Crippen molar-refractivity contribution in [3.05, 3.63) is 0 Å². The van der Waals surface area contributed by atoms with E-state index in [0.717, 1.165) is 39.1 Å². The summed E-state index contributed by atoms with van der Waals surface area (Å²) in [7, 11) is 0. The molecule has 4 nitrogen and oxygen atoms in total. The van der Waals surface area contributed by atoms with Crippen molar-refractivity contribution in [3.63, 3.8) is 0 Å². The van der Waals surface area contributed by atoms with Gasteiger partial charge in [-0.1, -0.05) is 6.92 Å². The predicted molar refractivity (Wildman–Crippen MR) is 53.0 cm³/mol. The lowest BCUT2D eigenvalue weighted by atomic mass is 10.0. The van der Waals surface area contributed by atoms with E-state index in [1.54, 1.807) is 0 Å². The van der Waals surface area contributed by atoms with Crippen LogP contribution in [0.2, 0.25) is 0 Å². The molecule has 0 saturated carbocycles. The van der Waals surface area contributed by atoms with Gasteiger partial charge in [0.15, 0.2) is 0 Å². The van der Waals surface area contributed by atoms with Crippen LogP contribution in [0.4, 0.5) is 0 Å². The van der Waals surface area contributed by atoms with Crippen LogP contribution in [0.1, 0.15) is 13.3 Å². The van der Waals surface area contributed by atoms with Gasteiger partial charge < -0.3 is 15.0 Å². The number of rotatable bonds is 3. The summed E-state index contributed by atoms with van der Waals surface area (Å²) in [6.45, 7) is 6.72. The second-order valence-electron chi connectivity index (χ2n) is 4.10. The van der Waals surface area contributed by atoms with E-state index >= 15 is 0 Å². The third kappa shape index (κ3) is 2.07. The molecule has 1 unspecified atom stereocenters. The molecule has 1 N–H and O–H groups in total. The molecule has 2 aliphatic heterocycles. The summed E-state index contributed by atoms with van der Waals surface area (Å²) in [5, 5.41) is 3.18. The Labute approximate surface area is 84.6 Å². The minimum Gasteiger partial charge on any atom is -0.461 e. The quantitative estimate of drug-likeness (QED) is 0.640. The monoisotopic (exact) mass is 198 g/mol. The molecule has 14 heavy (non-hydrogen) atoms. The third-order valence-corrected chi connectivity index (χ3v) is 3.04. The van der Waals surface area contributed by atoms with Crippen LogP contribution in [0.25, 0.3) is 0 Å². The summed E-state index contributed by atoms with van der Waals surface area (Å²) in [5.74, 6) is 0.138. The van der Waals surface area contributed by atoms with Crippen molar-refractivity contribution < 1.29 is 9.53 Å². The van der Waals surface area contributed by atoms with Gasteiger partial charge in [0.1, 0.15) is 6.10 Å². The molecule has 1 atom stereocenters. The number of hydrogen-bond donors (Lipinski definition) is 1. The Morgan fingerprint density at radius 2 is 2.36 bits per heavy atom. The Morgan fingerprint density at radius 1 is 1.57 bits per heavy atom. The first kappa shape index (κ1) is 9.93. The zero-order valence-electron chi connectivity index (χ0n) is 8.66. The Hall–Kier alpha value is -0.610. The number of nitrogens with zero attached hydrogens (tertiary/aromatic N) is 1. The number of nitrogens with one attached hydrogen (secondary N) is 1. The third-order valence-electron chi connectivity index (χ3n) is 3.04. The normalized spacial score (nSPS) is 28.8. The average molecular weight is 198 g/mol. The second-order valence-corrected chi connectivity index (χ2v) is 4.10. The Kier molecular flexibility index (Phi) is 3.03. The van der Waals surface area contributed by atoms with Gasteiger partial charge in [-0.2, -0.15) is 0 Å². The van der Waals surface area contributed by atoms with Crippen LogP contribution in [0.5, 0.6) is 0 Å². The molecule has 0 amide bonds. The highest BCUT2D eigenvalue weighted by molar-refractivity contribution is 5.74. The number of carbonyl (C=O) groups is 1. The highest BCUT2D eigenvalue weighted by Crippen LogP contribution is 2.17. The van der Waals surface area contributed by atoms with Gasteiger partial charge in [0, 0.05) is 19.6 Å². The van der Waals surface area contributed by atoms with Crippen molar-refractivity contribution in [2.24, 2.45) is 5.92 Å². The number of ether oxygens (including phenoxy) is 1. The van der Waals surface area contributed by atoms with Crippen LogP contribution in [0.15, 0.2) is 0 Å². The lowest BCUT2D eigenvalue weighted by Crippen LogP contribution is -2.51. The summed E-state index contributed by atoms with van der Waals surface area (Å²) < 4.78 is 5.38. The first-order valence-corrected chi connectivity index (χ1v) is 5.43. The minimum atomic E-state index is 0.00315. The highest BCUT2D eigenvalue weighted by atomic mass is 16.5. The van der Waals surface area contributed by atoms with Crippen molar-refractivity contribution >= 4 is 5.97 Å². The molecule has 2 saturated heterocycles. The Balaban J connectivity index is 1.69. The molecular weight excluding hydrogens is 180 g/mol. The summed E-state index contributed by atoms with van der Waals surface area (Å²) in [6, 6.07) is 0. The van der Waals surface area contributed by atoms with E-state index in [0.29, 0.717) is 0 Å². The van der Waals surface area contributed by atoms with Crippen molar-refractivity contribution in [2.45, 2.75) is 19.4 Å². The van der Waals surface area contributed by atoms with E-state index in [1.807, 2.05) is 0 Å². The fraction of sp³-hybridized carbons (Fsp3) is 0.900. The molecule has 2 aliphatic rings. The van der Waals surface area contributed by atoms with Crippen LogP contribution < -0.4 is 5.32 Å². The maximum Gasteiger partial charge on any atom is 0.311 e. The van der Waals surface area contributed by atoms with Crippen LogP contribution in [0, 0.1) is 5.92 Å². The molecular formula is C10H18N2O2. The van der Waals surface area contributed by atoms with Crippen molar-refractivity contribution in [2.75, 3.05) is 32.7 Å². The number of esters is 1. The van der Waals surface area contributed by atoms with Gasteiger partial charge in [-0.15, -0.1) is 0 Å². The molecule has 0 aromatic rings. The summed E-state index contributed by atoms with van der Waals surface area (Å²) in [4.78, 5) is 13.8. The van der Waals surface area contributed by atoms with E-state index in [-0.39, 0.29) is 18.0 Å². The first-order valence-electron chi connectivity index (χ1n) is 5.43. The van der Waals surface area contributed by atoms with E-state index in [4.69, 9.17) is 4.74 Å². The second kappa shape index (κ2) is 4.28. The standard InChI is InChI=1S/C10H18N2O2/c1-2-12-6-8(7-12)10(13)14-9-3-4-11-5-9/h8-9,11H,2-7H2,1H3. The number of hydrogen-bond acceptors (Lipinski definition) is 4. The van der Waals surface area contributed by atoms with Crippen molar-refractivity contribution in [1.29, 1.82) is 0 Å². The summed E-state index contributed by atoms with van der Waals surface area (Å²) >= 11 is 0. The highest BCUT2D eigenvalue weighted by Gasteiger charge is 2.34. The van der Waals surface area contributed by atoms with Crippen LogP contribution in [0.3, 0.4) is 0 Å². The van der Waals surface area contributed by atoms with E-state index in [9.17, 15) is 4.79 Å². The smallest absolute Gasteiger partial charge is 0.311 e. The minimum absolute atomic E-state index is 0.00315. The van der Waals surface area contributed by atoms with Gasteiger partial charge in [0.05, 0.1) is 5.92 Å². The maximum absolute atomic E-state index is 11.6. The molecule has 0 radical (unpaired) electrons. The molecule has 0 aliphatic carbocycles. The van der Waals surface area contributed by atoms with E-state index in [1.165, 1.54) is 0 Å². The molecule has 0 aromatic carbocycles. The SMILES string of the molecule is CCN1CC(C(=O)OC2CCNC2)C1. The van der Waals surface area contributed by atoms with Crippen molar-refractivity contribution in [3.8, 4) is 0 Å². The molecule has 2 rings (SSSR count). The van der Waals surface area contributed by atoms with E-state index < -0.39 is 0 Å². The Bertz CT molecular complexity index is 208. The Morgan fingerprint density at radius 3 is 2.93 bits per heavy atom. The van der Waals surface area contributed by atoms with Crippen LogP contribution in [-0.4, -0.2) is 49.7 Å². The number of carbonyl (C=O) groups excluding carboxylic acids is 1. The van der Waals surface area contributed by atoms with Gasteiger partial charge in [-0.3, -0.25) is 4.79 Å². The van der Waals surface area contributed by atoms with Gasteiger partial charge in [-0.05, 0) is 19.5 Å². The number of likely N-dealkylation sites (tertiary alicyclic amines) is 1. The lowest BCUT2D eigenvalue weighted by molar-refractivity contribution is -0.158. The van der Waals surface area contributed by atoms with Gasteiger partial charge in [0.25, 0.3) is 0 Å². The molecule has 4 heteroatoms.